The maximum Gasteiger partial charge on any atom is 0.0966 e. The van der Waals surface area contributed by atoms with Crippen LogP contribution < -0.4 is 5.32 Å². The van der Waals surface area contributed by atoms with Crippen LogP contribution in [0.25, 0.3) is 0 Å². The second kappa shape index (κ2) is 14.6. The zero-order valence-electron chi connectivity index (χ0n) is 26.3. The molecule has 1 aliphatic rings. The van der Waals surface area contributed by atoms with E-state index in [4.69, 9.17) is 0 Å². The summed E-state index contributed by atoms with van der Waals surface area (Å²) in [6.45, 7) is 36.5. The van der Waals surface area contributed by atoms with E-state index >= 15 is 0 Å². The molecule has 0 radical (unpaired) electrons. The molecule has 35 heavy (non-hydrogen) atoms. The highest BCUT2D eigenvalue weighted by molar-refractivity contribution is 4.76. The van der Waals surface area contributed by atoms with E-state index in [-0.39, 0.29) is 17.6 Å². The van der Waals surface area contributed by atoms with Crippen molar-refractivity contribution in [1.82, 2.24) is 29.8 Å². The Labute approximate surface area is 220 Å². The average Bonchev–Trinajstić information content (AvgIpc) is 2.55. The monoisotopic (exact) mass is 501 g/mol. The van der Waals surface area contributed by atoms with Crippen LogP contribution in [0.4, 0.5) is 0 Å². The van der Waals surface area contributed by atoms with E-state index in [0.717, 1.165) is 59.5 Å². The summed E-state index contributed by atoms with van der Waals surface area (Å²) in [5.74, 6) is 0. The van der Waals surface area contributed by atoms with Gasteiger partial charge < -0.3 is 10.4 Å². The molecule has 0 amide bonds. The van der Waals surface area contributed by atoms with Gasteiger partial charge in [-0.25, -0.2) is 0 Å². The Balaban J connectivity index is 0.000000661. The molecule has 1 fully saturated rings. The summed E-state index contributed by atoms with van der Waals surface area (Å²) >= 11 is 0. The molecular formula is C28H64N6O. The van der Waals surface area contributed by atoms with Crippen LogP contribution >= 0.6 is 0 Å². The molecule has 2 N–H and O–H groups in total. The third kappa shape index (κ3) is 20.5. The zero-order valence-corrected chi connectivity index (χ0v) is 26.3. The van der Waals surface area contributed by atoms with Crippen molar-refractivity contribution in [3.05, 3.63) is 0 Å². The van der Waals surface area contributed by atoms with Crippen molar-refractivity contribution in [2.75, 3.05) is 80.3 Å². The van der Waals surface area contributed by atoms with Crippen LogP contribution in [0.5, 0.6) is 0 Å². The number of hydrogen-bond acceptors (Lipinski definition) is 7. The Morgan fingerprint density at radius 2 is 1.06 bits per heavy atom. The summed E-state index contributed by atoms with van der Waals surface area (Å²) in [6.07, 6.45) is 0. The van der Waals surface area contributed by atoms with Crippen LogP contribution in [0.15, 0.2) is 0 Å². The SMILES string of the molecule is CN1CN(CC(C)(C)C)CN(CC(C)(C)C)C1.CNCN(CN(CO)CC(C)(C)C)CC(C)(C)C. The van der Waals surface area contributed by atoms with Crippen LogP contribution in [0, 0.1) is 21.7 Å². The largest absolute Gasteiger partial charge is 0.381 e. The molecular weight excluding hydrogens is 436 g/mol. The molecule has 0 atom stereocenters. The maximum absolute atomic E-state index is 9.48. The summed E-state index contributed by atoms with van der Waals surface area (Å²) < 4.78 is 0. The van der Waals surface area contributed by atoms with Crippen LogP contribution in [0.1, 0.15) is 83.1 Å². The number of rotatable bonds is 9. The summed E-state index contributed by atoms with van der Waals surface area (Å²) in [5, 5.41) is 12.7. The lowest BCUT2D eigenvalue weighted by Gasteiger charge is -2.44. The molecule has 212 valence electrons. The molecule has 0 aliphatic carbocycles. The van der Waals surface area contributed by atoms with Crippen molar-refractivity contribution in [3.63, 3.8) is 0 Å². The van der Waals surface area contributed by atoms with Gasteiger partial charge in [-0.1, -0.05) is 83.1 Å². The first-order valence-electron chi connectivity index (χ1n) is 13.5. The summed E-state index contributed by atoms with van der Waals surface area (Å²) in [5.41, 5.74) is 1.23. The lowest BCUT2D eigenvalue weighted by molar-refractivity contribution is -0.0420. The topological polar surface area (TPSA) is 48.5 Å². The Bertz CT molecular complexity index is 532. The molecule has 0 bridgehead atoms. The number of aliphatic hydroxyl groups is 1. The quantitative estimate of drug-likeness (QED) is 0.459. The Morgan fingerprint density at radius 1 is 0.657 bits per heavy atom. The highest BCUT2D eigenvalue weighted by Gasteiger charge is 2.27. The summed E-state index contributed by atoms with van der Waals surface area (Å²) in [4.78, 5) is 11.9. The molecule has 7 heteroatoms. The van der Waals surface area contributed by atoms with Crippen molar-refractivity contribution in [2.45, 2.75) is 83.1 Å². The minimum absolute atomic E-state index is 0.113. The molecule has 0 aromatic carbocycles. The minimum atomic E-state index is 0.113. The first kappa shape index (κ1) is 34.7. The van der Waals surface area contributed by atoms with E-state index in [1.165, 1.54) is 0 Å². The fraction of sp³-hybridized carbons (Fsp3) is 1.00. The molecule has 1 heterocycles. The van der Waals surface area contributed by atoms with Gasteiger partial charge in [0.25, 0.3) is 0 Å². The third-order valence-electron chi connectivity index (χ3n) is 5.06. The number of hydrogen-bond donors (Lipinski definition) is 2. The maximum atomic E-state index is 9.48. The first-order chi connectivity index (χ1) is 15.6. The highest BCUT2D eigenvalue weighted by atomic mass is 16.3. The van der Waals surface area contributed by atoms with E-state index in [0.29, 0.717) is 10.8 Å². The molecule has 0 saturated carbocycles. The molecule has 0 unspecified atom stereocenters. The summed E-state index contributed by atoms with van der Waals surface area (Å²) in [7, 11) is 4.17. The van der Waals surface area contributed by atoms with Gasteiger partial charge in [0.05, 0.1) is 33.4 Å². The average molecular weight is 501 g/mol. The lowest BCUT2D eigenvalue weighted by Crippen LogP contribution is -2.56. The molecule has 0 aromatic rings. The molecule has 1 saturated heterocycles. The van der Waals surface area contributed by atoms with Gasteiger partial charge in [-0.3, -0.25) is 24.5 Å². The third-order valence-corrected chi connectivity index (χ3v) is 5.06. The molecule has 1 rings (SSSR count). The van der Waals surface area contributed by atoms with Crippen molar-refractivity contribution in [2.24, 2.45) is 21.7 Å². The predicted octanol–water partition coefficient (Wildman–Crippen LogP) is 4.27. The van der Waals surface area contributed by atoms with E-state index in [9.17, 15) is 5.11 Å². The van der Waals surface area contributed by atoms with Gasteiger partial charge in [0.2, 0.25) is 0 Å². The van der Waals surface area contributed by atoms with Gasteiger partial charge in [0, 0.05) is 32.8 Å². The molecule has 0 spiro atoms. The second-order valence-electron chi connectivity index (χ2n) is 15.6. The van der Waals surface area contributed by atoms with Crippen molar-refractivity contribution < 1.29 is 5.11 Å². The first-order valence-corrected chi connectivity index (χ1v) is 13.5. The van der Waals surface area contributed by atoms with Crippen LogP contribution in [-0.4, -0.2) is 110 Å². The molecule has 7 nitrogen and oxygen atoms in total. The minimum Gasteiger partial charge on any atom is -0.381 e. The lowest BCUT2D eigenvalue weighted by atomic mass is 9.95. The number of nitrogens with one attached hydrogen (secondary N) is 1. The van der Waals surface area contributed by atoms with E-state index in [1.807, 2.05) is 7.05 Å². The van der Waals surface area contributed by atoms with E-state index in [2.05, 4.69) is 120 Å². The van der Waals surface area contributed by atoms with Gasteiger partial charge in [-0.05, 0) is 35.8 Å². The molecule has 1 aliphatic heterocycles. The highest BCUT2D eigenvalue weighted by Crippen LogP contribution is 2.21. The van der Waals surface area contributed by atoms with Crippen molar-refractivity contribution in [3.8, 4) is 0 Å². The fourth-order valence-corrected chi connectivity index (χ4v) is 4.79. The van der Waals surface area contributed by atoms with Gasteiger partial charge in [0.1, 0.15) is 0 Å². The predicted molar refractivity (Wildman–Crippen MR) is 153 cm³/mol. The van der Waals surface area contributed by atoms with Gasteiger partial charge in [-0.15, -0.1) is 0 Å². The smallest absolute Gasteiger partial charge is 0.0966 e. The van der Waals surface area contributed by atoms with Crippen LogP contribution in [0.2, 0.25) is 0 Å². The van der Waals surface area contributed by atoms with Crippen molar-refractivity contribution in [1.29, 1.82) is 0 Å². The van der Waals surface area contributed by atoms with Crippen LogP contribution in [-0.2, 0) is 0 Å². The fourth-order valence-electron chi connectivity index (χ4n) is 4.79. The zero-order chi connectivity index (χ0) is 27.7. The van der Waals surface area contributed by atoms with Crippen LogP contribution in [0.3, 0.4) is 0 Å². The standard InChI is InChI=1S/C14H33N3O.C14H31N3/c1-13(2,3)8-16(10-15-7)11-17(12-18)9-14(4,5)6;1-13(2,3)8-16-10-15(7)11-17(12-16)9-14(4,5)6/h15,18H,8-12H2,1-7H3;8-12H2,1-7H3. The Kier molecular flexibility index (Phi) is 14.5. The Hall–Kier alpha value is -0.280. The van der Waals surface area contributed by atoms with E-state index in [1.54, 1.807) is 0 Å². The Morgan fingerprint density at radius 3 is 1.37 bits per heavy atom. The number of aliphatic hydroxyl groups excluding tert-OH is 1. The van der Waals surface area contributed by atoms with Gasteiger partial charge >= 0.3 is 0 Å². The number of nitrogens with zero attached hydrogens (tertiary/aromatic N) is 5. The summed E-state index contributed by atoms with van der Waals surface area (Å²) in [6, 6.07) is 0. The van der Waals surface area contributed by atoms with Gasteiger partial charge in [-0.2, -0.15) is 0 Å². The van der Waals surface area contributed by atoms with E-state index < -0.39 is 0 Å². The van der Waals surface area contributed by atoms with Crippen molar-refractivity contribution >= 4 is 0 Å². The van der Waals surface area contributed by atoms with Gasteiger partial charge in [0.15, 0.2) is 0 Å². The normalized spacial score (nSPS) is 17.7. The second-order valence-corrected chi connectivity index (χ2v) is 15.6. The molecule has 0 aromatic heterocycles.